The second kappa shape index (κ2) is 6.18. The molecule has 116 valence electrons. The van der Waals surface area contributed by atoms with Gasteiger partial charge in [-0.3, -0.25) is 19.9 Å². The minimum absolute atomic E-state index is 0.107. The predicted octanol–water partition coefficient (Wildman–Crippen LogP) is 0.0674. The van der Waals surface area contributed by atoms with Crippen molar-refractivity contribution in [2.45, 2.75) is 6.54 Å². The molecule has 0 aromatic carbocycles. The molecule has 3 rings (SSSR count). The number of pyridine rings is 1. The summed E-state index contributed by atoms with van der Waals surface area (Å²) >= 11 is 0. The number of anilines is 1. The van der Waals surface area contributed by atoms with Gasteiger partial charge in [-0.15, -0.1) is 5.10 Å². The molecule has 1 amide bonds. The van der Waals surface area contributed by atoms with Crippen LogP contribution < -0.4 is 10.9 Å². The Kier molecular flexibility index (Phi) is 3.91. The van der Waals surface area contributed by atoms with Crippen LogP contribution in [0.5, 0.6) is 0 Å². The third-order valence-electron chi connectivity index (χ3n) is 3.02. The summed E-state index contributed by atoms with van der Waals surface area (Å²) < 4.78 is 2.67. The SMILES string of the molecule is Cn1nc(C(=O)Nc2ncn(Cc3cccnc3)n2)ccc1=O. The van der Waals surface area contributed by atoms with E-state index in [1.165, 1.54) is 25.5 Å². The number of carbonyl (C=O) groups is 1. The lowest BCUT2D eigenvalue weighted by Gasteiger charge is -2.02. The maximum Gasteiger partial charge on any atom is 0.278 e. The van der Waals surface area contributed by atoms with E-state index in [2.05, 4.69) is 25.5 Å². The highest BCUT2D eigenvalue weighted by atomic mass is 16.2. The van der Waals surface area contributed by atoms with Crippen molar-refractivity contribution in [2.75, 3.05) is 5.32 Å². The summed E-state index contributed by atoms with van der Waals surface area (Å²) in [6, 6.07) is 6.38. The average Bonchev–Trinajstić information content (AvgIpc) is 2.98. The van der Waals surface area contributed by atoms with Crippen LogP contribution in [0.3, 0.4) is 0 Å². The quantitative estimate of drug-likeness (QED) is 0.730. The molecule has 9 nitrogen and oxygen atoms in total. The highest BCUT2D eigenvalue weighted by Gasteiger charge is 2.11. The lowest BCUT2D eigenvalue weighted by atomic mass is 10.3. The normalized spacial score (nSPS) is 10.5. The maximum atomic E-state index is 12.1. The monoisotopic (exact) mass is 311 g/mol. The molecule has 9 heteroatoms. The molecule has 0 saturated heterocycles. The van der Waals surface area contributed by atoms with E-state index >= 15 is 0 Å². The first-order valence-corrected chi connectivity index (χ1v) is 6.76. The predicted molar refractivity (Wildman–Crippen MR) is 80.8 cm³/mol. The summed E-state index contributed by atoms with van der Waals surface area (Å²) in [6.07, 6.45) is 4.93. The fraction of sp³-hybridized carbons (Fsp3) is 0.143. The number of nitrogens with one attached hydrogen (secondary N) is 1. The highest BCUT2D eigenvalue weighted by molar-refractivity contribution is 6.01. The molecule has 23 heavy (non-hydrogen) atoms. The largest absolute Gasteiger partial charge is 0.288 e. The van der Waals surface area contributed by atoms with Crippen molar-refractivity contribution < 1.29 is 4.79 Å². The van der Waals surface area contributed by atoms with Gasteiger partial charge in [0.15, 0.2) is 0 Å². The first kappa shape index (κ1) is 14.6. The standard InChI is InChI=1S/C14H13N7O2/c1-20-12(22)5-4-11(18-20)13(23)17-14-16-9-21(19-14)8-10-3-2-6-15-7-10/h2-7,9H,8H2,1H3,(H,17,19,23). The molecule has 3 heterocycles. The number of hydrogen-bond acceptors (Lipinski definition) is 6. The maximum absolute atomic E-state index is 12.1. The Morgan fingerprint density at radius 2 is 2.13 bits per heavy atom. The second-order valence-electron chi connectivity index (χ2n) is 4.76. The zero-order valence-electron chi connectivity index (χ0n) is 12.2. The van der Waals surface area contributed by atoms with Crippen LogP contribution in [0.1, 0.15) is 16.1 Å². The molecule has 0 bridgehead atoms. The Hall–Kier alpha value is -3.36. The highest BCUT2D eigenvalue weighted by Crippen LogP contribution is 2.03. The van der Waals surface area contributed by atoms with E-state index in [1.54, 1.807) is 17.1 Å². The van der Waals surface area contributed by atoms with Crippen molar-refractivity contribution in [2.24, 2.45) is 7.05 Å². The molecule has 0 spiro atoms. The lowest BCUT2D eigenvalue weighted by molar-refractivity contribution is 0.101. The number of nitrogens with zero attached hydrogens (tertiary/aromatic N) is 6. The van der Waals surface area contributed by atoms with Crippen molar-refractivity contribution in [1.82, 2.24) is 29.5 Å². The van der Waals surface area contributed by atoms with E-state index in [-0.39, 0.29) is 17.2 Å². The molecular weight excluding hydrogens is 298 g/mol. The molecule has 3 aromatic rings. The summed E-state index contributed by atoms with van der Waals surface area (Å²) in [5.74, 6) is -0.325. The number of aromatic nitrogens is 6. The summed E-state index contributed by atoms with van der Waals surface area (Å²) in [5, 5.41) is 10.6. The van der Waals surface area contributed by atoms with Crippen LogP contribution in [-0.4, -0.2) is 35.4 Å². The molecule has 0 fully saturated rings. The van der Waals surface area contributed by atoms with Gasteiger partial charge in [-0.05, 0) is 17.7 Å². The van der Waals surface area contributed by atoms with Crippen LogP contribution in [0.4, 0.5) is 5.95 Å². The summed E-state index contributed by atoms with van der Waals surface area (Å²) in [6.45, 7) is 0.495. The van der Waals surface area contributed by atoms with E-state index in [1.807, 2.05) is 12.1 Å². The topological polar surface area (TPSA) is 108 Å². The lowest BCUT2D eigenvalue weighted by Crippen LogP contribution is -2.24. The van der Waals surface area contributed by atoms with Gasteiger partial charge in [0.05, 0.1) is 6.54 Å². The molecule has 0 unspecified atom stereocenters. The van der Waals surface area contributed by atoms with E-state index in [0.717, 1.165) is 10.2 Å². The zero-order valence-corrected chi connectivity index (χ0v) is 12.2. The van der Waals surface area contributed by atoms with Gasteiger partial charge in [-0.2, -0.15) is 5.10 Å². The van der Waals surface area contributed by atoms with Gasteiger partial charge in [-0.1, -0.05) is 6.07 Å². The smallest absolute Gasteiger partial charge is 0.278 e. The minimum atomic E-state index is -0.486. The molecule has 0 radical (unpaired) electrons. The first-order chi connectivity index (χ1) is 11.1. The van der Waals surface area contributed by atoms with Crippen LogP contribution in [-0.2, 0) is 13.6 Å². The summed E-state index contributed by atoms with van der Waals surface area (Å²) in [7, 11) is 1.47. The first-order valence-electron chi connectivity index (χ1n) is 6.76. The zero-order chi connectivity index (χ0) is 16.2. The fourth-order valence-electron chi connectivity index (χ4n) is 1.90. The Morgan fingerprint density at radius 1 is 1.26 bits per heavy atom. The molecule has 0 aliphatic rings. The van der Waals surface area contributed by atoms with E-state index in [4.69, 9.17) is 0 Å². The van der Waals surface area contributed by atoms with Gasteiger partial charge >= 0.3 is 0 Å². The van der Waals surface area contributed by atoms with Crippen molar-refractivity contribution >= 4 is 11.9 Å². The molecule has 1 N–H and O–H groups in total. The third kappa shape index (κ3) is 3.46. The third-order valence-corrected chi connectivity index (χ3v) is 3.02. The Labute approximate surface area is 130 Å². The Balaban J connectivity index is 1.70. The molecule has 3 aromatic heterocycles. The van der Waals surface area contributed by atoms with Crippen LogP contribution in [0.15, 0.2) is 47.8 Å². The minimum Gasteiger partial charge on any atom is -0.288 e. The molecular formula is C14H13N7O2. The van der Waals surface area contributed by atoms with Crippen molar-refractivity contribution in [1.29, 1.82) is 0 Å². The van der Waals surface area contributed by atoms with E-state index in [0.29, 0.717) is 6.54 Å². The van der Waals surface area contributed by atoms with Crippen LogP contribution in [0, 0.1) is 0 Å². The van der Waals surface area contributed by atoms with Crippen LogP contribution in [0.25, 0.3) is 0 Å². The number of aryl methyl sites for hydroxylation is 1. The summed E-state index contributed by atoms with van der Waals surface area (Å²) in [4.78, 5) is 31.4. The van der Waals surface area contributed by atoms with Gasteiger partial charge in [0, 0.05) is 25.5 Å². The number of amides is 1. The number of rotatable bonds is 4. The fourth-order valence-corrected chi connectivity index (χ4v) is 1.90. The van der Waals surface area contributed by atoms with Gasteiger partial charge in [0.2, 0.25) is 5.95 Å². The molecule has 0 aliphatic carbocycles. The summed E-state index contributed by atoms with van der Waals surface area (Å²) in [5.41, 5.74) is 0.783. The molecule has 0 aliphatic heterocycles. The van der Waals surface area contributed by atoms with Gasteiger partial charge in [0.1, 0.15) is 12.0 Å². The number of carbonyl (C=O) groups excluding carboxylic acids is 1. The van der Waals surface area contributed by atoms with E-state index < -0.39 is 5.91 Å². The van der Waals surface area contributed by atoms with Crippen LogP contribution in [0.2, 0.25) is 0 Å². The van der Waals surface area contributed by atoms with E-state index in [9.17, 15) is 9.59 Å². The molecule has 0 saturated carbocycles. The number of hydrogen-bond donors (Lipinski definition) is 1. The second-order valence-corrected chi connectivity index (χ2v) is 4.76. The van der Waals surface area contributed by atoms with Crippen molar-refractivity contribution in [3.05, 3.63) is 64.6 Å². The Bertz CT molecular complexity index is 885. The Morgan fingerprint density at radius 3 is 2.87 bits per heavy atom. The van der Waals surface area contributed by atoms with Gasteiger partial charge in [0.25, 0.3) is 11.5 Å². The van der Waals surface area contributed by atoms with Gasteiger partial charge < -0.3 is 0 Å². The van der Waals surface area contributed by atoms with Crippen LogP contribution >= 0.6 is 0 Å². The van der Waals surface area contributed by atoms with Crippen molar-refractivity contribution in [3.63, 3.8) is 0 Å². The van der Waals surface area contributed by atoms with Crippen molar-refractivity contribution in [3.8, 4) is 0 Å². The average molecular weight is 311 g/mol. The van der Waals surface area contributed by atoms with Gasteiger partial charge in [-0.25, -0.2) is 14.3 Å². The molecule has 0 atom stereocenters.